The summed E-state index contributed by atoms with van der Waals surface area (Å²) in [6.45, 7) is 0.522. The van der Waals surface area contributed by atoms with E-state index in [1.165, 1.54) is 11.3 Å². The van der Waals surface area contributed by atoms with E-state index in [4.69, 9.17) is 0 Å². The van der Waals surface area contributed by atoms with Gasteiger partial charge in [0.2, 0.25) is 0 Å². The van der Waals surface area contributed by atoms with Crippen LogP contribution in [0.4, 0.5) is 0 Å². The Bertz CT molecular complexity index is 1030. The predicted octanol–water partition coefficient (Wildman–Crippen LogP) is 3.36. The van der Waals surface area contributed by atoms with E-state index < -0.39 is 0 Å². The first-order valence-corrected chi connectivity index (χ1v) is 9.42. The zero-order valence-electron chi connectivity index (χ0n) is 14.4. The van der Waals surface area contributed by atoms with Crippen molar-refractivity contribution in [2.24, 2.45) is 0 Å². The smallest absolute Gasteiger partial charge is 0.270 e. The van der Waals surface area contributed by atoms with Gasteiger partial charge >= 0.3 is 0 Å². The second-order valence-corrected chi connectivity index (χ2v) is 6.73. The molecule has 4 aromatic rings. The lowest BCUT2D eigenvalue weighted by atomic mass is 10.2. The second kappa shape index (κ2) is 7.92. The molecule has 0 saturated heterocycles. The first-order chi connectivity index (χ1) is 13.3. The molecule has 3 aromatic heterocycles. The highest BCUT2D eigenvalue weighted by Crippen LogP contribution is 2.24. The van der Waals surface area contributed by atoms with Gasteiger partial charge in [-0.05, 0) is 24.3 Å². The van der Waals surface area contributed by atoms with E-state index in [1.54, 1.807) is 22.5 Å². The number of thiazole rings is 1. The van der Waals surface area contributed by atoms with Crippen molar-refractivity contribution in [1.82, 2.24) is 25.1 Å². The van der Waals surface area contributed by atoms with Crippen molar-refractivity contribution in [2.45, 2.75) is 6.42 Å². The molecule has 0 atom stereocenters. The van der Waals surface area contributed by atoms with Gasteiger partial charge in [0, 0.05) is 42.0 Å². The van der Waals surface area contributed by atoms with Gasteiger partial charge in [-0.3, -0.25) is 9.78 Å². The number of carbonyl (C=O) groups is 1. The van der Waals surface area contributed by atoms with Crippen molar-refractivity contribution < 1.29 is 4.79 Å². The lowest BCUT2D eigenvalue weighted by molar-refractivity contribution is 0.0950. The van der Waals surface area contributed by atoms with Crippen LogP contribution in [0.1, 0.15) is 16.2 Å². The van der Waals surface area contributed by atoms with Crippen molar-refractivity contribution in [1.29, 1.82) is 0 Å². The van der Waals surface area contributed by atoms with Crippen LogP contribution in [-0.4, -0.2) is 32.2 Å². The Morgan fingerprint density at radius 3 is 2.78 bits per heavy atom. The van der Waals surface area contributed by atoms with Crippen LogP contribution in [-0.2, 0) is 6.42 Å². The van der Waals surface area contributed by atoms with E-state index in [1.807, 2.05) is 54.7 Å². The molecule has 3 heterocycles. The normalized spacial score (nSPS) is 10.7. The molecule has 0 unspecified atom stereocenters. The molecule has 4 rings (SSSR count). The number of hydrogen-bond donors (Lipinski definition) is 1. The number of nitrogens with one attached hydrogen (secondary N) is 1. The number of aromatic nitrogens is 4. The number of rotatable bonds is 6. The number of para-hydroxylation sites is 1. The lowest BCUT2D eigenvalue weighted by Gasteiger charge is -2.02. The number of hydrogen-bond acceptors (Lipinski definition) is 5. The van der Waals surface area contributed by atoms with Crippen molar-refractivity contribution in [3.8, 4) is 16.3 Å². The first-order valence-electron chi connectivity index (χ1n) is 8.54. The van der Waals surface area contributed by atoms with Crippen LogP contribution in [0, 0.1) is 0 Å². The third-order valence-corrected chi connectivity index (χ3v) is 4.87. The SMILES string of the molecule is O=C(NCCc1ccccn1)c1csc(-c2cnn(-c3ccccc3)c2)n1. The summed E-state index contributed by atoms with van der Waals surface area (Å²) in [5.74, 6) is -0.177. The van der Waals surface area contributed by atoms with Crippen LogP contribution in [0.5, 0.6) is 0 Å². The van der Waals surface area contributed by atoms with Gasteiger partial charge in [0.25, 0.3) is 5.91 Å². The first kappa shape index (κ1) is 17.1. The van der Waals surface area contributed by atoms with Crippen LogP contribution in [0.3, 0.4) is 0 Å². The molecule has 7 heteroatoms. The molecule has 1 N–H and O–H groups in total. The van der Waals surface area contributed by atoms with Crippen molar-refractivity contribution >= 4 is 17.2 Å². The van der Waals surface area contributed by atoms with Crippen LogP contribution in [0.15, 0.2) is 72.5 Å². The lowest BCUT2D eigenvalue weighted by Crippen LogP contribution is -2.26. The average molecular weight is 375 g/mol. The molecular weight excluding hydrogens is 358 g/mol. The van der Waals surface area contributed by atoms with Crippen molar-refractivity contribution in [2.75, 3.05) is 6.54 Å². The summed E-state index contributed by atoms with van der Waals surface area (Å²) in [5, 5.41) is 9.80. The summed E-state index contributed by atoms with van der Waals surface area (Å²) in [6.07, 6.45) is 6.11. The van der Waals surface area contributed by atoms with Gasteiger partial charge in [-0.2, -0.15) is 5.10 Å². The van der Waals surface area contributed by atoms with E-state index in [0.29, 0.717) is 18.7 Å². The maximum Gasteiger partial charge on any atom is 0.270 e. The third kappa shape index (κ3) is 4.09. The Balaban J connectivity index is 1.39. The van der Waals surface area contributed by atoms with Crippen molar-refractivity contribution in [3.63, 3.8) is 0 Å². The summed E-state index contributed by atoms with van der Waals surface area (Å²) < 4.78 is 1.79. The summed E-state index contributed by atoms with van der Waals surface area (Å²) >= 11 is 1.43. The Kier molecular flexibility index (Phi) is 5.02. The van der Waals surface area contributed by atoms with Gasteiger partial charge < -0.3 is 5.32 Å². The number of nitrogens with zero attached hydrogens (tertiary/aromatic N) is 4. The number of carbonyl (C=O) groups excluding carboxylic acids is 1. The highest BCUT2D eigenvalue weighted by molar-refractivity contribution is 7.13. The third-order valence-electron chi connectivity index (χ3n) is 3.98. The summed E-state index contributed by atoms with van der Waals surface area (Å²) in [4.78, 5) is 21.0. The molecule has 27 heavy (non-hydrogen) atoms. The van der Waals surface area contributed by atoms with Gasteiger partial charge in [0.15, 0.2) is 0 Å². The van der Waals surface area contributed by atoms with E-state index in [9.17, 15) is 4.79 Å². The minimum absolute atomic E-state index is 0.177. The van der Waals surface area contributed by atoms with E-state index in [-0.39, 0.29) is 5.91 Å². The molecule has 0 bridgehead atoms. The molecule has 0 fully saturated rings. The highest BCUT2D eigenvalue weighted by atomic mass is 32.1. The fraction of sp³-hybridized carbons (Fsp3) is 0.100. The molecule has 0 aliphatic heterocycles. The molecule has 0 spiro atoms. The molecule has 1 aromatic carbocycles. The molecule has 1 amide bonds. The topological polar surface area (TPSA) is 72.7 Å². The Labute approximate surface area is 160 Å². The Hall–Kier alpha value is -3.32. The number of amides is 1. The van der Waals surface area contributed by atoms with Gasteiger partial charge in [-0.25, -0.2) is 9.67 Å². The number of pyridine rings is 1. The van der Waals surface area contributed by atoms with E-state index >= 15 is 0 Å². The van der Waals surface area contributed by atoms with E-state index in [2.05, 4.69) is 20.4 Å². The Morgan fingerprint density at radius 1 is 1.11 bits per heavy atom. The molecule has 0 aliphatic carbocycles. The zero-order valence-corrected chi connectivity index (χ0v) is 15.3. The maximum absolute atomic E-state index is 12.3. The largest absolute Gasteiger partial charge is 0.350 e. The van der Waals surface area contributed by atoms with Gasteiger partial charge in [-0.1, -0.05) is 24.3 Å². The van der Waals surface area contributed by atoms with Crippen LogP contribution < -0.4 is 5.32 Å². The Morgan fingerprint density at radius 2 is 1.96 bits per heavy atom. The monoisotopic (exact) mass is 375 g/mol. The summed E-state index contributed by atoms with van der Waals surface area (Å²) in [6, 6.07) is 15.6. The molecule has 0 saturated carbocycles. The molecule has 6 nitrogen and oxygen atoms in total. The second-order valence-electron chi connectivity index (χ2n) is 5.87. The molecule has 134 valence electrons. The van der Waals surface area contributed by atoms with E-state index in [0.717, 1.165) is 22.0 Å². The predicted molar refractivity (Wildman–Crippen MR) is 105 cm³/mol. The zero-order chi connectivity index (χ0) is 18.5. The molecule has 0 aliphatic rings. The van der Waals surface area contributed by atoms with Gasteiger partial charge in [0.1, 0.15) is 10.7 Å². The molecule has 0 radical (unpaired) electrons. The average Bonchev–Trinajstić information content (AvgIpc) is 3.39. The standard InChI is InChI=1S/C20H17N5OS/c26-19(22-11-9-16-6-4-5-10-21-16)18-14-27-20(24-18)15-12-23-25(13-15)17-7-2-1-3-8-17/h1-8,10,12-14H,9,11H2,(H,22,26). The summed E-state index contributed by atoms with van der Waals surface area (Å²) in [7, 11) is 0. The fourth-order valence-electron chi connectivity index (χ4n) is 2.61. The summed E-state index contributed by atoms with van der Waals surface area (Å²) in [5.41, 5.74) is 3.23. The minimum Gasteiger partial charge on any atom is -0.350 e. The van der Waals surface area contributed by atoms with Gasteiger partial charge in [-0.15, -0.1) is 11.3 Å². The highest BCUT2D eigenvalue weighted by Gasteiger charge is 2.13. The van der Waals surface area contributed by atoms with Crippen molar-refractivity contribution in [3.05, 3.63) is 83.9 Å². The molecular formula is C20H17N5OS. The quantitative estimate of drug-likeness (QED) is 0.561. The van der Waals surface area contributed by atoms with Crippen LogP contribution in [0.25, 0.3) is 16.3 Å². The van der Waals surface area contributed by atoms with Gasteiger partial charge in [0.05, 0.1) is 11.9 Å². The van der Waals surface area contributed by atoms with Crippen LogP contribution in [0.2, 0.25) is 0 Å². The maximum atomic E-state index is 12.3. The minimum atomic E-state index is -0.177. The van der Waals surface area contributed by atoms with Crippen LogP contribution >= 0.6 is 11.3 Å². The number of benzene rings is 1. The fourth-order valence-corrected chi connectivity index (χ4v) is 3.38.